The zero-order valence-corrected chi connectivity index (χ0v) is 20.0. The number of benzene rings is 2. The molecule has 7 nitrogen and oxygen atoms in total. The van der Waals surface area contributed by atoms with Crippen LogP contribution in [0.2, 0.25) is 5.02 Å². The second-order valence-corrected chi connectivity index (χ2v) is 8.57. The Hall–Kier alpha value is -4.28. The molecule has 0 unspecified atom stereocenters. The lowest BCUT2D eigenvalue weighted by molar-refractivity contribution is -0.117. The average molecular weight is 487 g/mol. The summed E-state index contributed by atoms with van der Waals surface area (Å²) in [6, 6.07) is 16.6. The van der Waals surface area contributed by atoms with Gasteiger partial charge in [0.2, 0.25) is 0 Å². The smallest absolute Gasteiger partial charge is 0.337 e. The van der Waals surface area contributed by atoms with Crippen molar-refractivity contribution >= 4 is 40.5 Å². The molecule has 0 radical (unpaired) electrons. The molecule has 8 heteroatoms. The number of para-hydroxylation sites is 1. The number of carbonyl (C=O) groups is 2. The van der Waals surface area contributed by atoms with Crippen LogP contribution in [0.3, 0.4) is 0 Å². The number of nitrogens with one attached hydrogen (secondary N) is 2. The first-order chi connectivity index (χ1) is 16.8. The number of hydrogen-bond acceptors (Lipinski definition) is 3. The fourth-order valence-corrected chi connectivity index (χ4v) is 4.39. The monoisotopic (exact) mass is 486 g/mol. The van der Waals surface area contributed by atoms with E-state index in [0.717, 1.165) is 27.9 Å². The molecule has 0 aliphatic rings. The lowest BCUT2D eigenvalue weighted by Gasteiger charge is -2.11. The highest BCUT2D eigenvalue weighted by atomic mass is 35.5. The van der Waals surface area contributed by atoms with Crippen LogP contribution in [0.15, 0.2) is 60.3 Å². The van der Waals surface area contributed by atoms with Gasteiger partial charge in [-0.15, -0.1) is 0 Å². The van der Waals surface area contributed by atoms with Gasteiger partial charge in [0.05, 0.1) is 10.6 Å². The number of aromatic amines is 1. The molecule has 4 aromatic rings. The SMILES string of the molecule is Cc1cc(/C=C(/C#N)C(=O)NCCc2c[nH]c3ccccc23)c(C)n1-c1ccc(Cl)c(C(=O)O)c1. The number of nitriles is 1. The summed E-state index contributed by atoms with van der Waals surface area (Å²) in [6.07, 6.45) is 4.11. The zero-order valence-electron chi connectivity index (χ0n) is 19.2. The van der Waals surface area contributed by atoms with Crippen LogP contribution in [0.1, 0.15) is 32.9 Å². The Kier molecular flexibility index (Phi) is 6.76. The first-order valence-electron chi connectivity index (χ1n) is 11.0. The molecular weight excluding hydrogens is 464 g/mol. The summed E-state index contributed by atoms with van der Waals surface area (Å²) < 4.78 is 1.86. The summed E-state index contributed by atoms with van der Waals surface area (Å²) >= 11 is 6.01. The fourth-order valence-electron chi connectivity index (χ4n) is 4.20. The van der Waals surface area contributed by atoms with E-state index in [1.807, 2.05) is 61.0 Å². The van der Waals surface area contributed by atoms with Gasteiger partial charge < -0.3 is 20.0 Å². The van der Waals surface area contributed by atoms with Crippen LogP contribution in [0, 0.1) is 25.2 Å². The number of carbonyl (C=O) groups excluding carboxylic acids is 1. The summed E-state index contributed by atoms with van der Waals surface area (Å²) in [4.78, 5) is 27.4. The number of fused-ring (bicyclic) bond motifs is 1. The Morgan fingerprint density at radius 2 is 1.97 bits per heavy atom. The standard InChI is InChI=1S/C27H23ClN4O3/c1-16-11-19(17(2)32(16)21-7-8-24(28)23(13-21)27(34)35)12-20(14-29)26(33)30-10-9-18-15-31-25-6-4-3-5-22(18)25/h3-8,11-13,15,31H,9-10H2,1-2H3,(H,30,33)(H,34,35)/b20-12-. The van der Waals surface area contributed by atoms with Gasteiger partial charge in [-0.05, 0) is 67.8 Å². The average Bonchev–Trinajstić information content (AvgIpc) is 3.37. The molecule has 4 rings (SSSR count). The molecule has 1 amide bonds. The van der Waals surface area contributed by atoms with Crippen molar-refractivity contribution in [2.75, 3.05) is 6.54 Å². The van der Waals surface area contributed by atoms with Gasteiger partial charge in [-0.3, -0.25) is 4.79 Å². The quantitative estimate of drug-likeness (QED) is 0.246. The van der Waals surface area contributed by atoms with E-state index in [-0.39, 0.29) is 16.2 Å². The summed E-state index contributed by atoms with van der Waals surface area (Å²) in [7, 11) is 0. The summed E-state index contributed by atoms with van der Waals surface area (Å²) in [6.45, 7) is 4.10. The van der Waals surface area contributed by atoms with Gasteiger partial charge in [0.1, 0.15) is 11.6 Å². The molecule has 2 heterocycles. The fraction of sp³-hybridized carbons (Fsp3) is 0.148. The first kappa shape index (κ1) is 23.9. The second kappa shape index (κ2) is 9.92. The number of nitrogens with zero attached hydrogens (tertiary/aromatic N) is 2. The van der Waals surface area contributed by atoms with Gasteiger partial charge in [-0.1, -0.05) is 29.8 Å². The normalized spacial score (nSPS) is 11.4. The highest BCUT2D eigenvalue weighted by Gasteiger charge is 2.16. The maximum Gasteiger partial charge on any atom is 0.337 e. The lowest BCUT2D eigenvalue weighted by atomic mass is 10.1. The second-order valence-electron chi connectivity index (χ2n) is 8.17. The molecule has 3 N–H and O–H groups in total. The maximum absolute atomic E-state index is 12.7. The van der Waals surface area contributed by atoms with E-state index >= 15 is 0 Å². The van der Waals surface area contributed by atoms with Crippen LogP contribution < -0.4 is 5.32 Å². The molecule has 0 fully saturated rings. The number of rotatable bonds is 7. The van der Waals surface area contributed by atoms with Gasteiger partial charge in [-0.2, -0.15) is 5.26 Å². The van der Waals surface area contributed by atoms with Gasteiger partial charge in [0.25, 0.3) is 5.91 Å². The zero-order chi connectivity index (χ0) is 25.1. The van der Waals surface area contributed by atoms with Crippen molar-refractivity contribution in [3.05, 3.63) is 93.4 Å². The van der Waals surface area contributed by atoms with Crippen molar-refractivity contribution in [3.63, 3.8) is 0 Å². The predicted molar refractivity (Wildman–Crippen MR) is 136 cm³/mol. The Labute approximate surface area is 207 Å². The Balaban J connectivity index is 1.53. The molecule has 2 aromatic carbocycles. The number of carboxylic acid groups (broad SMARTS) is 1. The van der Waals surface area contributed by atoms with Crippen molar-refractivity contribution in [1.29, 1.82) is 5.26 Å². The highest BCUT2D eigenvalue weighted by Crippen LogP contribution is 2.26. The molecule has 0 spiro atoms. The van der Waals surface area contributed by atoms with Gasteiger partial charge in [-0.25, -0.2) is 4.79 Å². The van der Waals surface area contributed by atoms with E-state index in [1.165, 1.54) is 12.1 Å². The number of aromatic carboxylic acids is 1. The minimum absolute atomic E-state index is 0.000973. The van der Waals surface area contributed by atoms with Gasteiger partial charge in [0, 0.05) is 40.7 Å². The predicted octanol–water partition coefficient (Wildman–Crippen LogP) is 5.19. The van der Waals surface area contributed by atoms with Crippen molar-refractivity contribution in [2.45, 2.75) is 20.3 Å². The third kappa shape index (κ3) is 4.84. The van der Waals surface area contributed by atoms with Gasteiger partial charge >= 0.3 is 5.97 Å². The van der Waals surface area contributed by atoms with Crippen molar-refractivity contribution in [2.24, 2.45) is 0 Å². The molecule has 0 aliphatic carbocycles. The largest absolute Gasteiger partial charge is 0.478 e. The van der Waals surface area contributed by atoms with E-state index in [4.69, 9.17) is 11.6 Å². The number of amides is 1. The van der Waals surface area contributed by atoms with Crippen LogP contribution in [0.5, 0.6) is 0 Å². The third-order valence-electron chi connectivity index (χ3n) is 5.93. The number of aromatic nitrogens is 2. The first-order valence-corrected chi connectivity index (χ1v) is 11.3. The molecule has 0 aliphatic heterocycles. The van der Waals surface area contributed by atoms with Crippen LogP contribution in [-0.4, -0.2) is 33.1 Å². The van der Waals surface area contributed by atoms with Crippen LogP contribution in [-0.2, 0) is 11.2 Å². The molecule has 0 saturated carbocycles. The number of H-pyrrole nitrogens is 1. The van der Waals surface area contributed by atoms with Crippen LogP contribution in [0.25, 0.3) is 22.7 Å². The number of halogens is 1. The van der Waals surface area contributed by atoms with E-state index in [2.05, 4.69) is 10.3 Å². The minimum Gasteiger partial charge on any atom is -0.478 e. The van der Waals surface area contributed by atoms with Crippen LogP contribution in [0.4, 0.5) is 0 Å². The summed E-state index contributed by atoms with van der Waals surface area (Å²) in [5.41, 5.74) is 5.03. The molecule has 35 heavy (non-hydrogen) atoms. The molecule has 0 atom stereocenters. The Morgan fingerprint density at radius 3 is 2.71 bits per heavy atom. The number of hydrogen-bond donors (Lipinski definition) is 3. The topological polar surface area (TPSA) is 111 Å². The molecule has 2 aromatic heterocycles. The van der Waals surface area contributed by atoms with E-state index < -0.39 is 11.9 Å². The van der Waals surface area contributed by atoms with Crippen molar-refractivity contribution < 1.29 is 14.7 Å². The van der Waals surface area contributed by atoms with Gasteiger partial charge in [0.15, 0.2) is 0 Å². The molecular formula is C27H23ClN4O3. The third-order valence-corrected chi connectivity index (χ3v) is 6.26. The Morgan fingerprint density at radius 1 is 1.20 bits per heavy atom. The number of aryl methyl sites for hydroxylation is 1. The van der Waals surface area contributed by atoms with Crippen molar-refractivity contribution in [1.82, 2.24) is 14.9 Å². The van der Waals surface area contributed by atoms with E-state index in [1.54, 1.807) is 12.1 Å². The maximum atomic E-state index is 12.7. The van der Waals surface area contributed by atoms with Crippen LogP contribution >= 0.6 is 11.6 Å². The molecule has 176 valence electrons. The molecule has 0 bridgehead atoms. The minimum atomic E-state index is -1.12. The van der Waals surface area contributed by atoms with Crippen molar-refractivity contribution in [3.8, 4) is 11.8 Å². The Bertz CT molecular complexity index is 1520. The summed E-state index contributed by atoms with van der Waals surface area (Å²) in [5, 5.41) is 23.1. The highest BCUT2D eigenvalue weighted by molar-refractivity contribution is 6.33. The van der Waals surface area contributed by atoms with E-state index in [9.17, 15) is 20.0 Å². The summed E-state index contributed by atoms with van der Waals surface area (Å²) in [5.74, 6) is -1.56. The van der Waals surface area contributed by atoms with E-state index in [0.29, 0.717) is 24.2 Å². The lowest BCUT2D eigenvalue weighted by Crippen LogP contribution is -2.26. The molecule has 0 saturated heterocycles. The number of carboxylic acids is 1.